The second-order valence-electron chi connectivity index (χ2n) is 16.0. The topological polar surface area (TPSA) is 38.7 Å². The summed E-state index contributed by atoms with van der Waals surface area (Å²) in [6.45, 7) is 0. The molecule has 294 valence electrons. The number of hydrogen-bond acceptors (Lipinski definition) is 4. The first kappa shape index (κ1) is 36.8. The first-order chi connectivity index (χ1) is 31.2. The minimum atomic E-state index is 0.692. The van der Waals surface area contributed by atoms with Gasteiger partial charge in [0, 0.05) is 47.8 Å². The molecule has 9 aromatic carbocycles. The molecule has 12 rings (SSSR count). The van der Waals surface area contributed by atoms with Crippen LogP contribution in [0, 0.1) is 0 Å². The van der Waals surface area contributed by atoms with E-state index < -0.39 is 0 Å². The minimum absolute atomic E-state index is 0.692. The third-order valence-corrected chi connectivity index (χ3v) is 13.3. The van der Waals surface area contributed by atoms with Gasteiger partial charge in [0.05, 0.1) is 22.6 Å². The van der Waals surface area contributed by atoms with Crippen LogP contribution in [0.3, 0.4) is 0 Å². The summed E-state index contributed by atoms with van der Waals surface area (Å²) in [4.78, 5) is 15.7. The van der Waals surface area contributed by atoms with Crippen molar-refractivity contribution < 1.29 is 0 Å². The first-order valence-electron chi connectivity index (χ1n) is 21.2. The zero-order valence-corrected chi connectivity index (χ0v) is 34.9. The van der Waals surface area contributed by atoms with Crippen molar-refractivity contribution in [2.75, 3.05) is 0 Å². The van der Waals surface area contributed by atoms with Crippen LogP contribution >= 0.6 is 11.3 Å². The maximum Gasteiger partial charge on any atom is 0.160 e. The molecule has 3 aromatic heterocycles. The van der Waals surface area contributed by atoms with Gasteiger partial charge in [0.25, 0.3) is 0 Å². The van der Waals surface area contributed by atoms with Crippen molar-refractivity contribution in [3.63, 3.8) is 0 Å². The number of fused-ring (bicyclic) bond motifs is 6. The van der Waals surface area contributed by atoms with Gasteiger partial charge in [-0.3, -0.25) is 0 Å². The van der Waals surface area contributed by atoms with E-state index in [0.717, 1.165) is 61.5 Å². The molecular formula is C59H37N3S. The van der Waals surface area contributed by atoms with Gasteiger partial charge in [-0.05, 0) is 68.4 Å². The van der Waals surface area contributed by atoms with Gasteiger partial charge >= 0.3 is 0 Å². The molecule has 0 fully saturated rings. The molecule has 0 spiro atoms. The van der Waals surface area contributed by atoms with Crippen LogP contribution in [0.2, 0.25) is 0 Å². The van der Waals surface area contributed by atoms with Gasteiger partial charge in [0.15, 0.2) is 5.82 Å². The average Bonchev–Trinajstić information content (AvgIpc) is 3.76. The van der Waals surface area contributed by atoms with E-state index in [4.69, 9.17) is 15.0 Å². The molecule has 0 amide bonds. The van der Waals surface area contributed by atoms with Gasteiger partial charge in [-0.15, -0.1) is 11.3 Å². The molecule has 0 atom stereocenters. The first-order valence-corrected chi connectivity index (χ1v) is 22.1. The number of pyridine rings is 1. The molecule has 0 saturated heterocycles. The Morgan fingerprint density at radius 3 is 1.29 bits per heavy atom. The van der Waals surface area contributed by atoms with E-state index in [1.54, 1.807) is 0 Å². The molecular weight excluding hydrogens is 783 g/mol. The molecule has 0 aliphatic carbocycles. The van der Waals surface area contributed by atoms with E-state index in [1.807, 2.05) is 23.5 Å². The molecule has 0 aliphatic rings. The molecule has 3 nitrogen and oxygen atoms in total. The number of hydrogen-bond donors (Lipinski definition) is 0. The summed E-state index contributed by atoms with van der Waals surface area (Å²) in [6.07, 6.45) is 0. The predicted molar refractivity (Wildman–Crippen MR) is 266 cm³/mol. The Morgan fingerprint density at radius 2 is 0.730 bits per heavy atom. The van der Waals surface area contributed by atoms with Crippen molar-refractivity contribution >= 4 is 53.2 Å². The third kappa shape index (κ3) is 6.84. The van der Waals surface area contributed by atoms with Gasteiger partial charge < -0.3 is 0 Å². The Balaban J connectivity index is 0.898. The molecule has 3 heterocycles. The van der Waals surface area contributed by atoms with Crippen molar-refractivity contribution in [1.29, 1.82) is 0 Å². The lowest BCUT2D eigenvalue weighted by Gasteiger charge is -2.12. The quantitative estimate of drug-likeness (QED) is 0.150. The highest BCUT2D eigenvalue weighted by molar-refractivity contribution is 7.26. The van der Waals surface area contributed by atoms with Crippen molar-refractivity contribution in [3.8, 4) is 78.5 Å². The van der Waals surface area contributed by atoms with E-state index >= 15 is 0 Å². The lowest BCUT2D eigenvalue weighted by atomic mass is 9.97. The van der Waals surface area contributed by atoms with Crippen LogP contribution in [-0.4, -0.2) is 15.0 Å². The Morgan fingerprint density at radius 1 is 0.302 bits per heavy atom. The highest BCUT2D eigenvalue weighted by Crippen LogP contribution is 2.44. The number of thiophene rings is 1. The lowest BCUT2D eigenvalue weighted by Crippen LogP contribution is -1.96. The standard InChI is InChI=1S/C59H37N3S/c1-3-11-38(12-4-1)40-19-27-44(28-20-40)52-37-53(62-59(61-52)47-33-25-41(26-34-47)39-13-5-2-6-14-39)45-29-21-42(22-30-45)43-23-31-46(32-24-43)57-56-50-17-9-10-18-55(50)63-58(56)51-35-48-15-7-8-16-49(48)36-54(51)60-57/h1-37H. The highest BCUT2D eigenvalue weighted by Gasteiger charge is 2.18. The Hall–Kier alpha value is -8.05. The molecule has 0 saturated carbocycles. The van der Waals surface area contributed by atoms with Crippen molar-refractivity contribution in [1.82, 2.24) is 15.0 Å². The normalized spacial score (nSPS) is 11.5. The number of nitrogens with zero attached hydrogens (tertiary/aromatic N) is 3. The van der Waals surface area contributed by atoms with Gasteiger partial charge in [-0.2, -0.15) is 0 Å². The SMILES string of the molecule is c1ccc(-c2ccc(-c3cc(-c4ccc(-c5ccc(-c6nc7cc8ccccc8cc7c7sc8ccccc8c67)cc5)cc4)nc(-c4ccc(-c5ccccc5)cc4)n3)cc2)cc1. The van der Waals surface area contributed by atoms with Crippen molar-refractivity contribution in [3.05, 3.63) is 224 Å². The Labute approximate surface area is 369 Å². The van der Waals surface area contributed by atoms with E-state index in [0.29, 0.717) is 5.82 Å². The molecule has 0 bridgehead atoms. The monoisotopic (exact) mass is 819 g/mol. The van der Waals surface area contributed by atoms with Crippen molar-refractivity contribution in [2.24, 2.45) is 0 Å². The van der Waals surface area contributed by atoms with Crippen LogP contribution < -0.4 is 0 Å². The maximum absolute atomic E-state index is 5.38. The second-order valence-corrected chi connectivity index (χ2v) is 17.0. The fraction of sp³-hybridized carbons (Fsp3) is 0. The molecule has 12 aromatic rings. The van der Waals surface area contributed by atoms with Crippen LogP contribution in [0.4, 0.5) is 0 Å². The highest BCUT2D eigenvalue weighted by atomic mass is 32.1. The smallest absolute Gasteiger partial charge is 0.160 e. The number of rotatable bonds is 7. The van der Waals surface area contributed by atoms with Crippen LogP contribution in [0.5, 0.6) is 0 Å². The molecule has 4 heteroatoms. The van der Waals surface area contributed by atoms with Crippen LogP contribution in [0.25, 0.3) is 120 Å². The minimum Gasteiger partial charge on any atom is -0.247 e. The van der Waals surface area contributed by atoms with E-state index in [2.05, 4.69) is 212 Å². The van der Waals surface area contributed by atoms with Crippen LogP contribution in [0.15, 0.2) is 224 Å². The van der Waals surface area contributed by atoms with Gasteiger partial charge in [0.2, 0.25) is 0 Å². The summed E-state index contributed by atoms with van der Waals surface area (Å²) in [5.74, 6) is 0.692. The number of benzene rings is 9. The molecule has 0 radical (unpaired) electrons. The van der Waals surface area contributed by atoms with Gasteiger partial charge in [0.1, 0.15) is 0 Å². The number of aromatic nitrogens is 3. The van der Waals surface area contributed by atoms with Crippen LogP contribution in [0.1, 0.15) is 0 Å². The zero-order chi connectivity index (χ0) is 41.7. The van der Waals surface area contributed by atoms with E-state index in [9.17, 15) is 0 Å². The summed E-state index contributed by atoms with van der Waals surface area (Å²) in [5, 5.41) is 6.11. The van der Waals surface area contributed by atoms with Crippen molar-refractivity contribution in [2.45, 2.75) is 0 Å². The summed E-state index contributed by atoms with van der Waals surface area (Å²) in [5.41, 5.74) is 14.9. The Kier molecular flexibility index (Phi) is 9.02. The van der Waals surface area contributed by atoms with Gasteiger partial charge in [-0.1, -0.05) is 200 Å². The second kappa shape index (κ2) is 15.4. The largest absolute Gasteiger partial charge is 0.247 e. The average molecular weight is 820 g/mol. The maximum atomic E-state index is 5.38. The fourth-order valence-corrected chi connectivity index (χ4v) is 10.0. The van der Waals surface area contributed by atoms with Crippen LogP contribution in [-0.2, 0) is 0 Å². The zero-order valence-electron chi connectivity index (χ0n) is 34.1. The fourth-order valence-electron chi connectivity index (χ4n) is 8.79. The molecule has 0 N–H and O–H groups in total. The van der Waals surface area contributed by atoms with Gasteiger partial charge in [-0.25, -0.2) is 15.0 Å². The van der Waals surface area contributed by atoms with E-state index in [-0.39, 0.29) is 0 Å². The summed E-state index contributed by atoms with van der Waals surface area (Å²) in [6, 6.07) is 79.7. The summed E-state index contributed by atoms with van der Waals surface area (Å²) in [7, 11) is 0. The third-order valence-electron chi connectivity index (χ3n) is 12.1. The van der Waals surface area contributed by atoms with E-state index in [1.165, 1.54) is 53.0 Å². The predicted octanol–water partition coefficient (Wildman–Crippen LogP) is 16.2. The summed E-state index contributed by atoms with van der Waals surface area (Å²) < 4.78 is 2.56. The summed E-state index contributed by atoms with van der Waals surface area (Å²) >= 11 is 1.86. The lowest BCUT2D eigenvalue weighted by molar-refractivity contribution is 1.18. The molecule has 0 aliphatic heterocycles. The Bertz CT molecular complexity index is 3520. The molecule has 0 unspecified atom stereocenters. The molecule has 63 heavy (non-hydrogen) atoms.